The van der Waals surface area contributed by atoms with E-state index < -0.39 is 6.10 Å². The summed E-state index contributed by atoms with van der Waals surface area (Å²) in [6.07, 6.45) is 4.14. The minimum absolute atomic E-state index is 0.154. The molecule has 0 aliphatic heterocycles. The van der Waals surface area contributed by atoms with Gasteiger partial charge in [-0.1, -0.05) is 12.8 Å². The Kier molecular flexibility index (Phi) is 3.53. The van der Waals surface area contributed by atoms with Gasteiger partial charge >= 0.3 is 5.97 Å². The third-order valence-electron chi connectivity index (χ3n) is 2.55. The van der Waals surface area contributed by atoms with E-state index >= 15 is 0 Å². The van der Waals surface area contributed by atoms with E-state index in [-0.39, 0.29) is 12.4 Å². The van der Waals surface area contributed by atoms with Crippen LogP contribution in [0.15, 0.2) is 0 Å². The second kappa shape index (κ2) is 4.45. The van der Waals surface area contributed by atoms with Crippen molar-refractivity contribution in [2.45, 2.75) is 38.2 Å². The Morgan fingerprint density at radius 1 is 1.58 bits per heavy atom. The minimum atomic E-state index is -0.486. The Labute approximate surface area is 72.7 Å². The minimum Gasteiger partial charge on any atom is -0.469 e. The van der Waals surface area contributed by atoms with Crippen LogP contribution in [0, 0.1) is 5.92 Å². The van der Waals surface area contributed by atoms with Crippen molar-refractivity contribution in [3.05, 3.63) is 0 Å². The summed E-state index contributed by atoms with van der Waals surface area (Å²) < 4.78 is 4.48. The SMILES string of the molecule is COC(=O)C[C@H](O)C1CCCC1. The highest BCUT2D eigenvalue weighted by atomic mass is 16.5. The van der Waals surface area contributed by atoms with Gasteiger partial charge in [0, 0.05) is 0 Å². The topological polar surface area (TPSA) is 46.5 Å². The summed E-state index contributed by atoms with van der Waals surface area (Å²) in [5.74, 6) is 0.0125. The number of rotatable bonds is 3. The zero-order chi connectivity index (χ0) is 8.97. The molecule has 70 valence electrons. The first-order valence-corrected chi connectivity index (χ1v) is 4.49. The van der Waals surface area contributed by atoms with E-state index in [1.165, 1.54) is 20.0 Å². The lowest BCUT2D eigenvalue weighted by atomic mass is 9.98. The first-order valence-electron chi connectivity index (χ1n) is 4.49. The molecule has 0 unspecified atom stereocenters. The second-order valence-electron chi connectivity index (χ2n) is 3.39. The average molecular weight is 172 g/mol. The molecule has 0 bridgehead atoms. The van der Waals surface area contributed by atoms with Crippen molar-refractivity contribution in [1.82, 2.24) is 0 Å². The van der Waals surface area contributed by atoms with Crippen molar-refractivity contribution in [3.63, 3.8) is 0 Å². The molecule has 0 heterocycles. The second-order valence-corrected chi connectivity index (χ2v) is 3.39. The molecular weight excluding hydrogens is 156 g/mol. The third kappa shape index (κ3) is 2.48. The van der Waals surface area contributed by atoms with Gasteiger partial charge in [0.25, 0.3) is 0 Å². The number of esters is 1. The van der Waals surface area contributed by atoms with Crippen LogP contribution >= 0.6 is 0 Å². The van der Waals surface area contributed by atoms with Gasteiger partial charge in [0.15, 0.2) is 0 Å². The van der Waals surface area contributed by atoms with Gasteiger partial charge in [-0.3, -0.25) is 4.79 Å². The third-order valence-corrected chi connectivity index (χ3v) is 2.55. The van der Waals surface area contributed by atoms with Gasteiger partial charge in [-0.05, 0) is 18.8 Å². The molecule has 0 aromatic rings. The summed E-state index contributed by atoms with van der Waals surface area (Å²) in [7, 11) is 1.35. The number of carbonyl (C=O) groups excluding carboxylic acids is 1. The normalized spacial score (nSPS) is 20.8. The predicted molar refractivity (Wildman–Crippen MR) is 44.6 cm³/mol. The van der Waals surface area contributed by atoms with E-state index in [0.717, 1.165) is 12.8 Å². The standard InChI is InChI=1S/C9H16O3/c1-12-9(11)6-8(10)7-4-2-3-5-7/h7-8,10H,2-6H2,1H3/t8-/m0/s1. The van der Waals surface area contributed by atoms with Crippen LogP contribution in [0.5, 0.6) is 0 Å². The number of aliphatic hydroxyl groups is 1. The van der Waals surface area contributed by atoms with Crippen molar-refractivity contribution in [2.24, 2.45) is 5.92 Å². The van der Waals surface area contributed by atoms with Crippen LogP contribution in [0.1, 0.15) is 32.1 Å². The summed E-state index contributed by atoms with van der Waals surface area (Å²) in [4.78, 5) is 10.8. The van der Waals surface area contributed by atoms with Crippen molar-refractivity contribution in [3.8, 4) is 0 Å². The van der Waals surface area contributed by atoms with Gasteiger partial charge in [-0.15, -0.1) is 0 Å². The van der Waals surface area contributed by atoms with E-state index in [4.69, 9.17) is 0 Å². The number of ether oxygens (including phenoxy) is 1. The largest absolute Gasteiger partial charge is 0.469 e. The summed E-state index contributed by atoms with van der Waals surface area (Å²) >= 11 is 0. The highest BCUT2D eigenvalue weighted by Crippen LogP contribution is 2.28. The molecule has 3 nitrogen and oxygen atoms in total. The van der Waals surface area contributed by atoms with E-state index in [1.54, 1.807) is 0 Å². The Morgan fingerprint density at radius 3 is 2.67 bits per heavy atom. The number of hydrogen-bond acceptors (Lipinski definition) is 3. The molecule has 1 atom stereocenters. The lowest BCUT2D eigenvalue weighted by Gasteiger charge is -2.15. The molecule has 3 heteroatoms. The number of hydrogen-bond donors (Lipinski definition) is 1. The van der Waals surface area contributed by atoms with E-state index in [2.05, 4.69) is 4.74 Å². The summed E-state index contributed by atoms with van der Waals surface area (Å²) in [6, 6.07) is 0. The molecule has 1 aliphatic carbocycles. The van der Waals surface area contributed by atoms with Crippen LogP contribution in [-0.4, -0.2) is 24.3 Å². The van der Waals surface area contributed by atoms with Gasteiger partial charge < -0.3 is 9.84 Å². The highest BCUT2D eigenvalue weighted by Gasteiger charge is 2.25. The first-order chi connectivity index (χ1) is 5.74. The van der Waals surface area contributed by atoms with Crippen molar-refractivity contribution in [2.75, 3.05) is 7.11 Å². The fraction of sp³-hybridized carbons (Fsp3) is 0.889. The Bertz CT molecular complexity index is 150. The smallest absolute Gasteiger partial charge is 0.308 e. The van der Waals surface area contributed by atoms with Crippen molar-refractivity contribution < 1.29 is 14.6 Å². The van der Waals surface area contributed by atoms with Crippen LogP contribution in [0.4, 0.5) is 0 Å². The van der Waals surface area contributed by atoms with Gasteiger partial charge in [0.2, 0.25) is 0 Å². The van der Waals surface area contributed by atoms with Crippen LogP contribution in [0.2, 0.25) is 0 Å². The fourth-order valence-corrected chi connectivity index (χ4v) is 1.76. The number of carbonyl (C=O) groups is 1. The molecule has 1 N–H and O–H groups in total. The number of aliphatic hydroxyl groups excluding tert-OH is 1. The monoisotopic (exact) mass is 172 g/mol. The van der Waals surface area contributed by atoms with Crippen molar-refractivity contribution in [1.29, 1.82) is 0 Å². The van der Waals surface area contributed by atoms with E-state index in [9.17, 15) is 9.90 Å². The lowest BCUT2D eigenvalue weighted by Crippen LogP contribution is -2.22. The van der Waals surface area contributed by atoms with Crippen LogP contribution < -0.4 is 0 Å². The lowest BCUT2D eigenvalue weighted by molar-refractivity contribution is -0.143. The molecule has 0 amide bonds. The number of methoxy groups -OCH3 is 1. The van der Waals surface area contributed by atoms with E-state index in [1.807, 2.05) is 0 Å². The molecule has 0 saturated heterocycles. The maximum Gasteiger partial charge on any atom is 0.308 e. The van der Waals surface area contributed by atoms with Crippen LogP contribution in [-0.2, 0) is 9.53 Å². The van der Waals surface area contributed by atoms with Crippen molar-refractivity contribution >= 4 is 5.97 Å². The Hall–Kier alpha value is -0.570. The van der Waals surface area contributed by atoms with Gasteiger partial charge in [-0.25, -0.2) is 0 Å². The Balaban J connectivity index is 2.26. The highest BCUT2D eigenvalue weighted by molar-refractivity contribution is 5.69. The van der Waals surface area contributed by atoms with Gasteiger partial charge in [0.1, 0.15) is 0 Å². The van der Waals surface area contributed by atoms with Crippen LogP contribution in [0.25, 0.3) is 0 Å². The van der Waals surface area contributed by atoms with E-state index in [0.29, 0.717) is 5.92 Å². The van der Waals surface area contributed by atoms with Gasteiger partial charge in [-0.2, -0.15) is 0 Å². The summed E-state index contributed by atoms with van der Waals surface area (Å²) in [5, 5.41) is 9.55. The molecule has 1 fully saturated rings. The maximum absolute atomic E-state index is 10.8. The molecule has 1 aliphatic rings. The molecule has 0 aromatic heterocycles. The molecular formula is C9H16O3. The van der Waals surface area contributed by atoms with Crippen LogP contribution in [0.3, 0.4) is 0 Å². The quantitative estimate of drug-likeness (QED) is 0.648. The first kappa shape index (κ1) is 9.52. The molecule has 12 heavy (non-hydrogen) atoms. The maximum atomic E-state index is 10.8. The fourth-order valence-electron chi connectivity index (χ4n) is 1.76. The summed E-state index contributed by atoms with van der Waals surface area (Å²) in [5.41, 5.74) is 0. The zero-order valence-electron chi connectivity index (χ0n) is 7.45. The molecule has 0 radical (unpaired) electrons. The molecule has 0 aromatic carbocycles. The average Bonchev–Trinajstić information content (AvgIpc) is 2.56. The molecule has 1 rings (SSSR count). The molecule has 1 saturated carbocycles. The van der Waals surface area contributed by atoms with Gasteiger partial charge in [0.05, 0.1) is 19.6 Å². The Morgan fingerprint density at radius 2 is 2.17 bits per heavy atom. The summed E-state index contributed by atoms with van der Waals surface area (Å²) in [6.45, 7) is 0. The molecule has 0 spiro atoms. The predicted octanol–water partition coefficient (Wildman–Crippen LogP) is 1.10. The zero-order valence-corrected chi connectivity index (χ0v) is 7.45.